The van der Waals surface area contributed by atoms with Crippen LogP contribution in [0.5, 0.6) is 0 Å². The van der Waals surface area contributed by atoms with Gasteiger partial charge in [0.1, 0.15) is 6.54 Å². The molecule has 14 heavy (non-hydrogen) atoms. The monoisotopic (exact) mass is 202 g/mol. The van der Waals surface area contributed by atoms with Crippen molar-refractivity contribution in [2.75, 3.05) is 46.5 Å². The van der Waals surface area contributed by atoms with Crippen LogP contribution < -0.4 is 0 Å². The van der Waals surface area contributed by atoms with Gasteiger partial charge in [-0.05, 0) is 0 Å². The van der Waals surface area contributed by atoms with Gasteiger partial charge in [0.05, 0.1) is 20.3 Å². The number of carbonyl (C=O) groups is 1. The molecule has 82 valence electrons. The molecule has 5 nitrogen and oxygen atoms in total. The highest BCUT2D eigenvalue weighted by molar-refractivity contribution is 5.71. The highest BCUT2D eigenvalue weighted by Crippen LogP contribution is 2.02. The molecule has 1 aliphatic rings. The average Bonchev–Trinajstić information content (AvgIpc) is 2.26. The first kappa shape index (κ1) is 11.4. The van der Waals surface area contributed by atoms with Crippen molar-refractivity contribution < 1.29 is 14.3 Å². The molecule has 0 aromatic carbocycles. The highest BCUT2D eigenvalue weighted by Gasteiger charge is 2.19. The summed E-state index contributed by atoms with van der Waals surface area (Å²) in [5.74, 6) is -0.196. The Bertz CT molecular complexity index is 181. The van der Waals surface area contributed by atoms with Crippen LogP contribution in [0.3, 0.4) is 0 Å². The van der Waals surface area contributed by atoms with E-state index in [2.05, 4.69) is 9.75 Å². The summed E-state index contributed by atoms with van der Waals surface area (Å²) in [7, 11) is 1.41. The molecule has 0 radical (unpaired) electrons. The molecule has 5 heteroatoms. The van der Waals surface area contributed by atoms with E-state index in [1.165, 1.54) is 7.11 Å². The van der Waals surface area contributed by atoms with E-state index in [1.807, 2.05) is 11.9 Å². The number of ether oxygens (including phenoxy) is 2. The quantitative estimate of drug-likeness (QED) is 0.587. The van der Waals surface area contributed by atoms with Crippen molar-refractivity contribution >= 4 is 5.97 Å². The first-order chi connectivity index (χ1) is 6.77. The molecule has 0 aliphatic carbocycles. The fourth-order valence-electron chi connectivity index (χ4n) is 1.46. The maximum atomic E-state index is 11.1. The van der Waals surface area contributed by atoms with E-state index in [0.717, 1.165) is 32.8 Å². The zero-order valence-electron chi connectivity index (χ0n) is 8.86. The molecule has 0 aromatic rings. The molecule has 0 N–H and O–H groups in total. The van der Waals surface area contributed by atoms with Crippen molar-refractivity contribution in [2.24, 2.45) is 0 Å². The van der Waals surface area contributed by atoms with Gasteiger partial charge in [-0.25, -0.2) is 10.0 Å². The number of esters is 1. The molecule has 1 fully saturated rings. The summed E-state index contributed by atoms with van der Waals surface area (Å²) in [5.41, 5.74) is 0. The summed E-state index contributed by atoms with van der Waals surface area (Å²) in [6, 6.07) is 0. The molecule has 1 rings (SSSR count). The predicted molar refractivity (Wildman–Crippen MR) is 51.7 cm³/mol. The molecule has 0 bridgehead atoms. The minimum atomic E-state index is -0.196. The van der Waals surface area contributed by atoms with Gasteiger partial charge in [-0.2, -0.15) is 0 Å². The smallest absolute Gasteiger partial charge is 0.321 e. The van der Waals surface area contributed by atoms with Crippen LogP contribution in [-0.2, 0) is 14.3 Å². The second kappa shape index (κ2) is 5.95. The molecule has 1 aliphatic heterocycles. The summed E-state index contributed by atoms with van der Waals surface area (Å²) in [4.78, 5) is 11.1. The molecule has 0 spiro atoms. The molecule has 0 atom stereocenters. The van der Waals surface area contributed by atoms with Gasteiger partial charge in [0.15, 0.2) is 0 Å². The van der Waals surface area contributed by atoms with Crippen LogP contribution in [0.15, 0.2) is 0 Å². The predicted octanol–water partition coefficient (Wildman–Crippen LogP) is -0.271. The van der Waals surface area contributed by atoms with Gasteiger partial charge in [0, 0.05) is 19.6 Å². The minimum Gasteiger partial charge on any atom is -0.468 e. The van der Waals surface area contributed by atoms with E-state index < -0.39 is 0 Å². The van der Waals surface area contributed by atoms with Crippen LogP contribution in [-0.4, -0.2) is 62.5 Å². The van der Waals surface area contributed by atoms with Crippen molar-refractivity contribution in [1.29, 1.82) is 0 Å². The third-order valence-electron chi connectivity index (χ3n) is 2.29. The van der Waals surface area contributed by atoms with Crippen molar-refractivity contribution in [1.82, 2.24) is 10.0 Å². The Morgan fingerprint density at radius 1 is 1.50 bits per heavy atom. The molecular formula is C9H18N2O3. The van der Waals surface area contributed by atoms with Crippen molar-refractivity contribution in [3.8, 4) is 0 Å². The van der Waals surface area contributed by atoms with Gasteiger partial charge in [0.2, 0.25) is 0 Å². The van der Waals surface area contributed by atoms with E-state index >= 15 is 0 Å². The third kappa shape index (κ3) is 3.25. The molecular weight excluding hydrogens is 184 g/mol. The average molecular weight is 202 g/mol. The van der Waals surface area contributed by atoms with Gasteiger partial charge >= 0.3 is 5.97 Å². The zero-order valence-corrected chi connectivity index (χ0v) is 8.86. The molecule has 0 saturated carbocycles. The number of nitrogens with zero attached hydrogens (tertiary/aromatic N) is 2. The third-order valence-corrected chi connectivity index (χ3v) is 2.29. The van der Waals surface area contributed by atoms with Crippen LogP contribution in [0.4, 0.5) is 0 Å². The maximum Gasteiger partial charge on any atom is 0.321 e. The van der Waals surface area contributed by atoms with Gasteiger partial charge in [0.25, 0.3) is 0 Å². The fraction of sp³-hybridized carbons (Fsp3) is 0.889. The lowest BCUT2D eigenvalue weighted by molar-refractivity contribution is -0.151. The lowest BCUT2D eigenvalue weighted by Crippen LogP contribution is -2.50. The van der Waals surface area contributed by atoms with E-state index in [0.29, 0.717) is 6.54 Å². The molecule has 1 saturated heterocycles. The lowest BCUT2D eigenvalue weighted by atomic mass is 10.4. The highest BCUT2D eigenvalue weighted by atomic mass is 16.5. The number of rotatable bonds is 4. The Morgan fingerprint density at radius 3 is 2.64 bits per heavy atom. The van der Waals surface area contributed by atoms with Crippen LogP contribution in [0.1, 0.15) is 6.92 Å². The largest absolute Gasteiger partial charge is 0.468 e. The second-order valence-electron chi connectivity index (χ2n) is 3.12. The Labute approximate surface area is 84.5 Å². The molecule has 1 heterocycles. The number of hydrogen-bond acceptors (Lipinski definition) is 5. The summed E-state index contributed by atoms with van der Waals surface area (Å²) in [5, 5.41) is 4.13. The second-order valence-corrected chi connectivity index (χ2v) is 3.12. The minimum absolute atomic E-state index is 0.196. The Kier molecular flexibility index (Phi) is 4.86. The van der Waals surface area contributed by atoms with Gasteiger partial charge in [-0.15, -0.1) is 0 Å². The first-order valence-corrected chi connectivity index (χ1v) is 4.92. The Hall–Kier alpha value is -0.650. The number of likely N-dealkylation sites (N-methyl/N-ethyl adjacent to an activating group) is 1. The lowest BCUT2D eigenvalue weighted by Gasteiger charge is -2.35. The number of methoxy groups -OCH3 is 1. The van der Waals surface area contributed by atoms with Crippen molar-refractivity contribution in [3.05, 3.63) is 0 Å². The summed E-state index contributed by atoms with van der Waals surface area (Å²) in [6.45, 7) is 6.34. The SMILES string of the molecule is CCN(CC(=O)OC)N1CCOCC1. The van der Waals surface area contributed by atoms with E-state index in [-0.39, 0.29) is 5.97 Å². The van der Waals surface area contributed by atoms with Crippen LogP contribution in [0.25, 0.3) is 0 Å². The van der Waals surface area contributed by atoms with Gasteiger partial charge < -0.3 is 9.47 Å². The fourth-order valence-corrected chi connectivity index (χ4v) is 1.46. The number of hydrogen-bond donors (Lipinski definition) is 0. The molecule has 0 amide bonds. The molecule has 0 unspecified atom stereocenters. The van der Waals surface area contributed by atoms with E-state index in [1.54, 1.807) is 0 Å². The van der Waals surface area contributed by atoms with Crippen LogP contribution in [0.2, 0.25) is 0 Å². The van der Waals surface area contributed by atoms with Crippen LogP contribution >= 0.6 is 0 Å². The van der Waals surface area contributed by atoms with Crippen molar-refractivity contribution in [3.63, 3.8) is 0 Å². The number of hydrazine groups is 1. The Morgan fingerprint density at radius 2 is 2.14 bits per heavy atom. The normalized spacial score (nSPS) is 18.5. The zero-order chi connectivity index (χ0) is 10.4. The summed E-state index contributed by atoms with van der Waals surface area (Å²) in [6.07, 6.45) is 0. The first-order valence-electron chi connectivity index (χ1n) is 4.92. The summed E-state index contributed by atoms with van der Waals surface area (Å²) < 4.78 is 9.88. The van der Waals surface area contributed by atoms with Gasteiger partial charge in [-0.1, -0.05) is 6.92 Å². The molecule has 0 aromatic heterocycles. The van der Waals surface area contributed by atoms with Crippen molar-refractivity contribution in [2.45, 2.75) is 6.92 Å². The van der Waals surface area contributed by atoms with Gasteiger partial charge in [-0.3, -0.25) is 4.79 Å². The summed E-state index contributed by atoms with van der Waals surface area (Å²) >= 11 is 0. The maximum absolute atomic E-state index is 11.1. The number of morpholine rings is 1. The topological polar surface area (TPSA) is 42.0 Å². The number of carbonyl (C=O) groups excluding carboxylic acids is 1. The van der Waals surface area contributed by atoms with E-state index in [9.17, 15) is 4.79 Å². The standard InChI is InChI=1S/C9H18N2O3/c1-3-10(8-9(12)13-2)11-4-6-14-7-5-11/h3-8H2,1-2H3. The van der Waals surface area contributed by atoms with Crippen LogP contribution in [0, 0.1) is 0 Å². The van der Waals surface area contributed by atoms with E-state index in [4.69, 9.17) is 4.74 Å². The Balaban J connectivity index is 2.39.